The van der Waals surface area contributed by atoms with Gasteiger partial charge in [0.1, 0.15) is 5.82 Å². The molecule has 0 spiro atoms. The molecule has 0 unspecified atom stereocenters. The van der Waals surface area contributed by atoms with Crippen molar-refractivity contribution in [2.45, 2.75) is 20.0 Å². The van der Waals surface area contributed by atoms with Crippen LogP contribution in [0.4, 0.5) is 16.0 Å². The van der Waals surface area contributed by atoms with Crippen LogP contribution >= 0.6 is 15.9 Å². The molecule has 0 atom stereocenters. The summed E-state index contributed by atoms with van der Waals surface area (Å²) in [5.74, 6) is 0.158. The second-order valence-electron chi connectivity index (χ2n) is 5.76. The summed E-state index contributed by atoms with van der Waals surface area (Å²) in [7, 11) is 0. The molecule has 0 aliphatic rings. The summed E-state index contributed by atoms with van der Waals surface area (Å²) >= 11 is 3.31. The van der Waals surface area contributed by atoms with Gasteiger partial charge in [-0.3, -0.25) is 4.68 Å². The van der Waals surface area contributed by atoms with Crippen LogP contribution in [0, 0.1) is 5.82 Å². The van der Waals surface area contributed by atoms with E-state index in [-0.39, 0.29) is 5.82 Å². The van der Waals surface area contributed by atoms with Crippen molar-refractivity contribution in [1.82, 2.24) is 29.5 Å². The topological polar surface area (TPSA) is 73.5 Å². The highest BCUT2D eigenvalue weighted by Gasteiger charge is 2.09. The van der Waals surface area contributed by atoms with Crippen LogP contribution in [0.15, 0.2) is 47.5 Å². The quantitative estimate of drug-likeness (QED) is 0.537. The number of hydrogen-bond donors (Lipinski definition) is 1. The van der Waals surface area contributed by atoms with E-state index in [0.29, 0.717) is 22.6 Å². The van der Waals surface area contributed by atoms with Gasteiger partial charge < -0.3 is 5.32 Å². The number of nitrogens with one attached hydrogen (secondary N) is 1. The van der Waals surface area contributed by atoms with Gasteiger partial charge in [0.05, 0.1) is 30.0 Å². The standard InChI is InChI=1S/C17H15BrFN7/c1-2-25-10-15(8-21-25)23-17-20-6-12-7-22-26(16(12)24-17)9-11-3-13(18)5-14(19)4-11/h3-8,10H,2,9H2,1H3,(H,20,23,24). The Morgan fingerprint density at radius 2 is 2.04 bits per heavy atom. The van der Waals surface area contributed by atoms with Crippen molar-refractivity contribution in [3.8, 4) is 0 Å². The summed E-state index contributed by atoms with van der Waals surface area (Å²) in [6.45, 7) is 3.21. The third-order valence-electron chi connectivity index (χ3n) is 3.84. The number of anilines is 2. The SMILES string of the molecule is CCn1cc(Nc2ncc3cnn(Cc4cc(F)cc(Br)c4)c3n2)cn1. The van der Waals surface area contributed by atoms with Gasteiger partial charge in [-0.1, -0.05) is 15.9 Å². The number of hydrogen-bond acceptors (Lipinski definition) is 5. The van der Waals surface area contributed by atoms with Gasteiger partial charge in [-0.25, -0.2) is 14.1 Å². The van der Waals surface area contributed by atoms with Gasteiger partial charge >= 0.3 is 0 Å². The Labute approximate surface area is 157 Å². The largest absolute Gasteiger partial charge is 0.321 e. The third-order valence-corrected chi connectivity index (χ3v) is 4.30. The summed E-state index contributed by atoms with van der Waals surface area (Å²) in [4.78, 5) is 8.85. The summed E-state index contributed by atoms with van der Waals surface area (Å²) in [6.07, 6.45) is 7.01. The molecule has 132 valence electrons. The third kappa shape index (κ3) is 3.43. The van der Waals surface area contributed by atoms with Crippen LogP contribution in [0.2, 0.25) is 0 Å². The zero-order chi connectivity index (χ0) is 18.1. The van der Waals surface area contributed by atoms with Crippen LogP contribution < -0.4 is 5.32 Å². The van der Waals surface area contributed by atoms with Crippen molar-refractivity contribution in [1.29, 1.82) is 0 Å². The molecule has 0 saturated heterocycles. The lowest BCUT2D eigenvalue weighted by atomic mass is 10.2. The number of halogens is 2. The van der Waals surface area contributed by atoms with Crippen molar-refractivity contribution in [2.24, 2.45) is 0 Å². The molecule has 0 radical (unpaired) electrons. The van der Waals surface area contributed by atoms with Crippen LogP contribution in [-0.2, 0) is 13.1 Å². The minimum absolute atomic E-state index is 0.296. The fourth-order valence-corrected chi connectivity index (χ4v) is 3.16. The first-order valence-corrected chi connectivity index (χ1v) is 8.83. The summed E-state index contributed by atoms with van der Waals surface area (Å²) in [6, 6.07) is 4.76. The first-order chi connectivity index (χ1) is 12.6. The molecule has 0 aliphatic heterocycles. The fourth-order valence-electron chi connectivity index (χ4n) is 2.65. The van der Waals surface area contributed by atoms with E-state index in [9.17, 15) is 4.39 Å². The predicted octanol–water partition coefficient (Wildman–Crippen LogP) is 3.74. The van der Waals surface area contributed by atoms with Gasteiger partial charge in [0.15, 0.2) is 5.65 Å². The molecule has 7 nitrogen and oxygen atoms in total. The Balaban J connectivity index is 1.63. The zero-order valence-electron chi connectivity index (χ0n) is 13.9. The first kappa shape index (κ1) is 16.6. The Kier molecular flexibility index (Phi) is 4.37. The number of aryl methyl sites for hydroxylation is 1. The molecule has 4 aromatic rings. The lowest BCUT2D eigenvalue weighted by molar-refractivity contribution is 0.619. The zero-order valence-corrected chi connectivity index (χ0v) is 15.5. The molecule has 0 fully saturated rings. The summed E-state index contributed by atoms with van der Waals surface area (Å²) in [5.41, 5.74) is 2.27. The average molecular weight is 416 g/mol. The molecule has 26 heavy (non-hydrogen) atoms. The van der Waals surface area contributed by atoms with Crippen LogP contribution in [-0.4, -0.2) is 29.5 Å². The minimum atomic E-state index is -0.296. The van der Waals surface area contributed by atoms with E-state index < -0.39 is 0 Å². The molecular weight excluding hydrogens is 401 g/mol. The molecule has 0 amide bonds. The smallest absolute Gasteiger partial charge is 0.229 e. The Hall–Kier alpha value is -2.81. The van der Waals surface area contributed by atoms with E-state index in [2.05, 4.69) is 41.4 Å². The maximum Gasteiger partial charge on any atom is 0.229 e. The van der Waals surface area contributed by atoms with Crippen molar-refractivity contribution in [3.63, 3.8) is 0 Å². The first-order valence-electron chi connectivity index (χ1n) is 8.04. The number of benzene rings is 1. The minimum Gasteiger partial charge on any atom is -0.321 e. The van der Waals surface area contributed by atoms with Crippen molar-refractivity contribution in [3.05, 3.63) is 58.8 Å². The molecule has 4 rings (SSSR count). The van der Waals surface area contributed by atoms with Crippen molar-refractivity contribution < 1.29 is 4.39 Å². The molecule has 3 heterocycles. The number of rotatable bonds is 5. The highest BCUT2D eigenvalue weighted by Crippen LogP contribution is 2.19. The Morgan fingerprint density at radius 1 is 1.15 bits per heavy atom. The second kappa shape index (κ2) is 6.83. The Bertz CT molecular complexity index is 1050. The van der Waals surface area contributed by atoms with E-state index in [4.69, 9.17) is 0 Å². The molecule has 9 heteroatoms. The predicted molar refractivity (Wildman–Crippen MR) is 99.7 cm³/mol. The van der Waals surface area contributed by atoms with E-state index in [1.165, 1.54) is 12.1 Å². The van der Waals surface area contributed by atoms with Gasteiger partial charge in [-0.05, 0) is 30.7 Å². The molecule has 0 aliphatic carbocycles. The Morgan fingerprint density at radius 3 is 2.81 bits per heavy atom. The van der Waals surface area contributed by atoms with E-state index in [0.717, 1.165) is 23.2 Å². The summed E-state index contributed by atoms with van der Waals surface area (Å²) in [5, 5.41) is 12.5. The summed E-state index contributed by atoms with van der Waals surface area (Å²) < 4.78 is 17.8. The van der Waals surface area contributed by atoms with E-state index in [1.807, 2.05) is 23.9 Å². The lowest BCUT2D eigenvalue weighted by Gasteiger charge is -2.06. The van der Waals surface area contributed by atoms with Crippen LogP contribution in [0.25, 0.3) is 11.0 Å². The maximum atomic E-state index is 13.6. The van der Waals surface area contributed by atoms with Crippen molar-refractivity contribution >= 4 is 38.6 Å². The van der Waals surface area contributed by atoms with Gasteiger partial charge in [0, 0.05) is 23.4 Å². The molecule has 1 aromatic carbocycles. The average Bonchev–Trinajstić information content (AvgIpc) is 3.21. The van der Waals surface area contributed by atoms with Crippen molar-refractivity contribution in [2.75, 3.05) is 5.32 Å². The normalized spacial score (nSPS) is 11.2. The van der Waals surface area contributed by atoms with Crippen LogP contribution in [0.3, 0.4) is 0 Å². The van der Waals surface area contributed by atoms with Crippen LogP contribution in [0.1, 0.15) is 12.5 Å². The number of nitrogens with zero attached hydrogens (tertiary/aromatic N) is 6. The van der Waals surface area contributed by atoms with Gasteiger partial charge in [-0.15, -0.1) is 0 Å². The lowest BCUT2D eigenvalue weighted by Crippen LogP contribution is -2.04. The van der Waals surface area contributed by atoms with E-state index >= 15 is 0 Å². The van der Waals surface area contributed by atoms with E-state index in [1.54, 1.807) is 23.3 Å². The molecule has 0 bridgehead atoms. The highest BCUT2D eigenvalue weighted by molar-refractivity contribution is 9.10. The van der Waals surface area contributed by atoms with Crippen LogP contribution in [0.5, 0.6) is 0 Å². The highest BCUT2D eigenvalue weighted by atomic mass is 79.9. The second-order valence-corrected chi connectivity index (χ2v) is 6.68. The number of aromatic nitrogens is 6. The maximum absolute atomic E-state index is 13.6. The molecule has 0 saturated carbocycles. The number of fused-ring (bicyclic) bond motifs is 1. The molecule has 3 aromatic heterocycles. The molecular formula is C17H15BrFN7. The van der Waals surface area contributed by atoms with Gasteiger partial charge in [0.25, 0.3) is 0 Å². The van der Waals surface area contributed by atoms with Gasteiger partial charge in [-0.2, -0.15) is 15.2 Å². The molecule has 1 N–H and O–H groups in total. The monoisotopic (exact) mass is 415 g/mol. The fraction of sp³-hybridized carbons (Fsp3) is 0.176. The van der Waals surface area contributed by atoms with Gasteiger partial charge in [0.2, 0.25) is 5.95 Å².